The first kappa shape index (κ1) is 16.0. The molecule has 3 heteroatoms. The summed E-state index contributed by atoms with van der Waals surface area (Å²) in [6.45, 7) is 1.77. The van der Waals surface area contributed by atoms with Crippen molar-refractivity contribution in [1.82, 2.24) is 4.90 Å². The van der Waals surface area contributed by atoms with Gasteiger partial charge in [0.05, 0.1) is 0 Å². The van der Waals surface area contributed by atoms with Crippen LogP contribution in [0.25, 0.3) is 0 Å². The van der Waals surface area contributed by atoms with Gasteiger partial charge in [0.15, 0.2) is 0 Å². The lowest BCUT2D eigenvalue weighted by Gasteiger charge is -2.20. The van der Waals surface area contributed by atoms with Gasteiger partial charge in [-0.3, -0.25) is 0 Å². The minimum absolute atomic E-state index is 0.0365. The molecule has 0 radical (unpaired) electrons. The van der Waals surface area contributed by atoms with Crippen LogP contribution in [0.2, 0.25) is 5.02 Å². The predicted molar refractivity (Wildman–Crippen MR) is 88.9 cm³/mol. The van der Waals surface area contributed by atoms with E-state index in [1.165, 1.54) is 5.56 Å². The number of benzene rings is 2. The van der Waals surface area contributed by atoms with E-state index >= 15 is 0 Å². The van der Waals surface area contributed by atoms with Crippen LogP contribution < -0.4 is 0 Å². The first-order valence-corrected chi connectivity index (χ1v) is 7.61. The normalized spacial score (nSPS) is 12.6. The van der Waals surface area contributed by atoms with E-state index in [-0.39, 0.29) is 6.10 Å². The molecule has 21 heavy (non-hydrogen) atoms. The third kappa shape index (κ3) is 5.16. The fraction of sp³-hybridized carbons (Fsp3) is 0.333. The molecule has 0 bridgehead atoms. The minimum atomic E-state index is -0.0365. The second-order valence-corrected chi connectivity index (χ2v) is 5.81. The van der Waals surface area contributed by atoms with Crippen molar-refractivity contribution in [2.24, 2.45) is 0 Å². The molecule has 0 fully saturated rings. The second-order valence-electron chi connectivity index (χ2n) is 5.37. The van der Waals surface area contributed by atoms with E-state index in [2.05, 4.69) is 31.1 Å². The van der Waals surface area contributed by atoms with Crippen LogP contribution in [-0.2, 0) is 4.74 Å². The summed E-state index contributed by atoms with van der Waals surface area (Å²) in [6.07, 6.45) is 0.981. The van der Waals surface area contributed by atoms with Gasteiger partial charge in [0.2, 0.25) is 0 Å². The van der Waals surface area contributed by atoms with Crippen LogP contribution in [0.1, 0.15) is 23.7 Å². The average molecular weight is 304 g/mol. The van der Waals surface area contributed by atoms with Crippen LogP contribution in [0.15, 0.2) is 54.6 Å². The van der Waals surface area contributed by atoms with Crippen molar-refractivity contribution in [2.75, 3.05) is 27.2 Å². The summed E-state index contributed by atoms with van der Waals surface area (Å²) in [6, 6.07) is 18.2. The maximum absolute atomic E-state index is 6.13. The molecule has 0 aliphatic heterocycles. The lowest BCUT2D eigenvalue weighted by atomic mass is 10.0. The molecule has 0 heterocycles. The fourth-order valence-corrected chi connectivity index (χ4v) is 2.36. The summed E-state index contributed by atoms with van der Waals surface area (Å²) in [5, 5.41) is 0.748. The number of nitrogens with zero attached hydrogens (tertiary/aromatic N) is 1. The highest BCUT2D eigenvalue weighted by molar-refractivity contribution is 6.30. The van der Waals surface area contributed by atoms with Crippen LogP contribution in [-0.4, -0.2) is 32.1 Å². The van der Waals surface area contributed by atoms with E-state index in [1.807, 2.05) is 42.5 Å². The zero-order valence-corrected chi connectivity index (χ0v) is 13.4. The summed E-state index contributed by atoms with van der Waals surface area (Å²) in [7, 11) is 4.15. The first-order valence-electron chi connectivity index (χ1n) is 7.23. The van der Waals surface area contributed by atoms with E-state index in [0.717, 1.165) is 30.2 Å². The third-order valence-corrected chi connectivity index (χ3v) is 3.56. The Bertz CT molecular complexity index is 525. The topological polar surface area (TPSA) is 12.5 Å². The Morgan fingerprint density at radius 1 is 0.952 bits per heavy atom. The largest absolute Gasteiger partial charge is 0.369 e. The second kappa shape index (κ2) is 8.18. The van der Waals surface area contributed by atoms with Crippen LogP contribution >= 0.6 is 11.6 Å². The Labute approximate surface area is 132 Å². The van der Waals surface area contributed by atoms with Crippen molar-refractivity contribution in [2.45, 2.75) is 12.5 Å². The Kier molecular flexibility index (Phi) is 6.24. The van der Waals surface area contributed by atoms with Gasteiger partial charge in [-0.15, -0.1) is 0 Å². The molecule has 0 aliphatic carbocycles. The fourth-order valence-electron chi connectivity index (χ4n) is 2.23. The summed E-state index contributed by atoms with van der Waals surface area (Å²) in [5.41, 5.74) is 2.31. The minimum Gasteiger partial charge on any atom is -0.369 e. The Hall–Kier alpha value is -1.35. The smallest absolute Gasteiger partial charge is 0.108 e. The van der Waals surface area contributed by atoms with Gasteiger partial charge in [0, 0.05) is 11.6 Å². The molecule has 0 saturated heterocycles. The summed E-state index contributed by atoms with van der Waals surface area (Å²) >= 11 is 5.98. The SMILES string of the molecule is CN(C)CCCOC(c1ccccc1)c1ccc(Cl)cc1. The van der Waals surface area contributed by atoms with E-state index in [9.17, 15) is 0 Å². The van der Waals surface area contributed by atoms with Crippen molar-refractivity contribution in [1.29, 1.82) is 0 Å². The van der Waals surface area contributed by atoms with Crippen molar-refractivity contribution in [3.63, 3.8) is 0 Å². The van der Waals surface area contributed by atoms with E-state index in [4.69, 9.17) is 16.3 Å². The van der Waals surface area contributed by atoms with Gasteiger partial charge in [0.1, 0.15) is 6.10 Å². The molecule has 0 aliphatic rings. The van der Waals surface area contributed by atoms with Gasteiger partial charge in [-0.1, -0.05) is 54.1 Å². The van der Waals surface area contributed by atoms with E-state index in [0.29, 0.717) is 0 Å². The number of hydrogen-bond donors (Lipinski definition) is 0. The average Bonchev–Trinajstić information content (AvgIpc) is 2.49. The highest BCUT2D eigenvalue weighted by atomic mass is 35.5. The zero-order chi connectivity index (χ0) is 15.1. The predicted octanol–water partition coefficient (Wildman–Crippen LogP) is 4.40. The monoisotopic (exact) mass is 303 g/mol. The van der Waals surface area contributed by atoms with Crippen molar-refractivity contribution in [3.05, 3.63) is 70.7 Å². The van der Waals surface area contributed by atoms with Gasteiger partial charge in [-0.25, -0.2) is 0 Å². The molecule has 2 aromatic carbocycles. The van der Waals surface area contributed by atoms with Crippen molar-refractivity contribution in [3.8, 4) is 0 Å². The molecular formula is C18H22ClNO. The van der Waals surface area contributed by atoms with Crippen LogP contribution in [0, 0.1) is 0 Å². The molecule has 1 atom stereocenters. The molecule has 2 nitrogen and oxygen atoms in total. The van der Waals surface area contributed by atoms with Gasteiger partial charge in [-0.05, 0) is 50.3 Å². The van der Waals surface area contributed by atoms with Gasteiger partial charge < -0.3 is 9.64 Å². The molecule has 0 amide bonds. The number of ether oxygens (including phenoxy) is 1. The zero-order valence-electron chi connectivity index (χ0n) is 12.6. The number of rotatable bonds is 7. The van der Waals surface area contributed by atoms with Crippen molar-refractivity contribution >= 4 is 11.6 Å². The van der Waals surface area contributed by atoms with E-state index in [1.54, 1.807) is 0 Å². The molecule has 0 aromatic heterocycles. The molecule has 0 spiro atoms. The van der Waals surface area contributed by atoms with Gasteiger partial charge in [-0.2, -0.15) is 0 Å². The maximum Gasteiger partial charge on any atom is 0.108 e. The standard InChI is InChI=1S/C18H22ClNO/c1-20(2)13-6-14-21-18(15-7-4-3-5-8-15)16-9-11-17(19)12-10-16/h3-5,7-12,18H,6,13-14H2,1-2H3. The van der Waals surface area contributed by atoms with Crippen LogP contribution in [0.4, 0.5) is 0 Å². The number of hydrogen-bond acceptors (Lipinski definition) is 2. The molecule has 2 rings (SSSR count). The molecular weight excluding hydrogens is 282 g/mol. The van der Waals surface area contributed by atoms with Gasteiger partial charge in [0.25, 0.3) is 0 Å². The highest BCUT2D eigenvalue weighted by Crippen LogP contribution is 2.27. The van der Waals surface area contributed by atoms with E-state index < -0.39 is 0 Å². The summed E-state index contributed by atoms with van der Waals surface area (Å²) < 4.78 is 6.13. The molecule has 1 unspecified atom stereocenters. The lowest BCUT2D eigenvalue weighted by Crippen LogP contribution is -2.16. The van der Waals surface area contributed by atoms with Crippen molar-refractivity contribution < 1.29 is 4.74 Å². The third-order valence-electron chi connectivity index (χ3n) is 3.31. The summed E-state index contributed by atoms with van der Waals surface area (Å²) in [4.78, 5) is 2.17. The summed E-state index contributed by atoms with van der Waals surface area (Å²) in [5.74, 6) is 0. The lowest BCUT2D eigenvalue weighted by molar-refractivity contribution is 0.0744. The molecule has 2 aromatic rings. The quantitative estimate of drug-likeness (QED) is 0.703. The van der Waals surface area contributed by atoms with Crippen LogP contribution in [0.3, 0.4) is 0 Å². The molecule has 0 saturated carbocycles. The first-order chi connectivity index (χ1) is 10.2. The van der Waals surface area contributed by atoms with Gasteiger partial charge >= 0.3 is 0 Å². The Balaban J connectivity index is 2.09. The number of halogens is 1. The Morgan fingerprint density at radius 2 is 1.57 bits per heavy atom. The molecule has 112 valence electrons. The maximum atomic E-state index is 6.13. The van der Waals surface area contributed by atoms with Crippen LogP contribution in [0.5, 0.6) is 0 Å². The molecule has 0 N–H and O–H groups in total. The Morgan fingerprint density at radius 3 is 2.19 bits per heavy atom. The highest BCUT2D eigenvalue weighted by Gasteiger charge is 2.14.